The van der Waals surface area contributed by atoms with Gasteiger partial charge in [-0.2, -0.15) is 5.10 Å². The van der Waals surface area contributed by atoms with Crippen LogP contribution in [0.4, 0.5) is 4.39 Å². The van der Waals surface area contributed by atoms with Crippen molar-refractivity contribution in [2.45, 2.75) is 0 Å². The molecule has 2 aromatic rings. The van der Waals surface area contributed by atoms with E-state index in [9.17, 15) is 9.18 Å². The predicted molar refractivity (Wildman–Crippen MR) is 60.7 cm³/mol. The highest BCUT2D eigenvalue weighted by Gasteiger charge is 2.14. The second-order valence-electron chi connectivity index (χ2n) is 3.36. The van der Waals surface area contributed by atoms with Gasteiger partial charge in [-0.25, -0.2) is 4.39 Å². The van der Waals surface area contributed by atoms with E-state index in [0.29, 0.717) is 15.6 Å². The Balaban J connectivity index is 2.45. The van der Waals surface area contributed by atoms with Crippen molar-refractivity contribution in [1.29, 1.82) is 0 Å². The molecule has 1 heterocycles. The van der Waals surface area contributed by atoms with E-state index in [1.54, 1.807) is 13.2 Å². The SMILES string of the molecule is Cn1cc(C(=O)c2cc(F)ccc2Br)cn1. The molecule has 0 unspecified atom stereocenters. The molecule has 0 saturated carbocycles. The zero-order valence-corrected chi connectivity index (χ0v) is 10.0. The summed E-state index contributed by atoms with van der Waals surface area (Å²) in [6.45, 7) is 0. The Labute approximate surface area is 100 Å². The minimum Gasteiger partial charge on any atom is -0.288 e. The third-order valence-corrected chi connectivity index (χ3v) is 2.83. The van der Waals surface area contributed by atoms with Gasteiger partial charge >= 0.3 is 0 Å². The standard InChI is InChI=1S/C11H8BrFN2O/c1-15-6-7(5-14-15)11(16)9-4-8(13)2-3-10(9)12/h2-6H,1H3. The molecule has 0 bridgehead atoms. The van der Waals surface area contributed by atoms with Crippen LogP contribution in [-0.4, -0.2) is 15.6 Å². The maximum absolute atomic E-state index is 13.0. The van der Waals surface area contributed by atoms with Crippen molar-refractivity contribution in [3.63, 3.8) is 0 Å². The minimum atomic E-state index is -0.435. The number of halogens is 2. The molecule has 0 fully saturated rings. The summed E-state index contributed by atoms with van der Waals surface area (Å²) in [6.07, 6.45) is 3.05. The van der Waals surface area contributed by atoms with Crippen LogP contribution in [0.5, 0.6) is 0 Å². The number of hydrogen-bond acceptors (Lipinski definition) is 2. The van der Waals surface area contributed by atoms with E-state index in [-0.39, 0.29) is 5.78 Å². The molecule has 0 saturated heterocycles. The molecule has 0 N–H and O–H groups in total. The quantitative estimate of drug-likeness (QED) is 0.794. The van der Waals surface area contributed by atoms with Crippen molar-refractivity contribution in [2.75, 3.05) is 0 Å². The molecule has 0 atom stereocenters. The van der Waals surface area contributed by atoms with Crippen molar-refractivity contribution >= 4 is 21.7 Å². The van der Waals surface area contributed by atoms with E-state index >= 15 is 0 Å². The molecular formula is C11H8BrFN2O. The Hall–Kier alpha value is -1.49. The fourth-order valence-corrected chi connectivity index (χ4v) is 1.79. The topological polar surface area (TPSA) is 34.9 Å². The van der Waals surface area contributed by atoms with Crippen molar-refractivity contribution in [3.8, 4) is 0 Å². The summed E-state index contributed by atoms with van der Waals surface area (Å²) in [6, 6.07) is 4.02. The number of nitrogens with zero attached hydrogens (tertiary/aromatic N) is 2. The lowest BCUT2D eigenvalue weighted by molar-refractivity contribution is 0.103. The van der Waals surface area contributed by atoms with Gasteiger partial charge in [0.2, 0.25) is 0 Å². The smallest absolute Gasteiger partial charge is 0.197 e. The second-order valence-corrected chi connectivity index (χ2v) is 4.21. The van der Waals surface area contributed by atoms with E-state index in [2.05, 4.69) is 21.0 Å². The summed E-state index contributed by atoms with van der Waals surface area (Å²) in [5, 5.41) is 3.90. The van der Waals surface area contributed by atoms with Gasteiger partial charge in [0.15, 0.2) is 5.78 Å². The fourth-order valence-electron chi connectivity index (χ4n) is 1.37. The monoisotopic (exact) mass is 282 g/mol. The first-order valence-electron chi connectivity index (χ1n) is 4.56. The number of aromatic nitrogens is 2. The van der Waals surface area contributed by atoms with Crippen LogP contribution >= 0.6 is 15.9 Å². The largest absolute Gasteiger partial charge is 0.288 e. The maximum Gasteiger partial charge on any atom is 0.197 e. The van der Waals surface area contributed by atoms with E-state index in [1.807, 2.05) is 0 Å². The van der Waals surface area contributed by atoms with E-state index in [4.69, 9.17) is 0 Å². The first-order valence-corrected chi connectivity index (χ1v) is 5.35. The Morgan fingerprint density at radius 3 is 2.88 bits per heavy atom. The average Bonchev–Trinajstić information content (AvgIpc) is 2.67. The van der Waals surface area contributed by atoms with E-state index in [0.717, 1.165) is 0 Å². The fraction of sp³-hybridized carbons (Fsp3) is 0.0909. The van der Waals surface area contributed by atoms with Crippen LogP contribution in [0.15, 0.2) is 35.1 Å². The lowest BCUT2D eigenvalue weighted by Crippen LogP contribution is -2.01. The molecule has 0 amide bonds. The first kappa shape index (κ1) is 11.0. The van der Waals surface area contributed by atoms with Crippen LogP contribution in [0.3, 0.4) is 0 Å². The van der Waals surface area contributed by atoms with E-state index < -0.39 is 5.82 Å². The summed E-state index contributed by atoms with van der Waals surface area (Å²) in [5.41, 5.74) is 0.738. The molecule has 0 aliphatic rings. The zero-order valence-electron chi connectivity index (χ0n) is 8.45. The van der Waals surface area contributed by atoms with E-state index in [1.165, 1.54) is 29.1 Å². The molecule has 0 aliphatic heterocycles. The highest BCUT2D eigenvalue weighted by atomic mass is 79.9. The summed E-state index contributed by atoms with van der Waals surface area (Å²) >= 11 is 3.22. The molecule has 16 heavy (non-hydrogen) atoms. The lowest BCUT2D eigenvalue weighted by Gasteiger charge is -2.01. The van der Waals surface area contributed by atoms with Gasteiger partial charge in [-0.05, 0) is 18.2 Å². The molecule has 5 heteroatoms. The average molecular weight is 283 g/mol. The molecule has 0 aliphatic carbocycles. The summed E-state index contributed by atoms with van der Waals surface area (Å²) in [4.78, 5) is 12.0. The third kappa shape index (κ3) is 2.04. The Bertz CT molecular complexity index is 551. The van der Waals surface area contributed by atoms with Gasteiger partial charge < -0.3 is 0 Å². The summed E-state index contributed by atoms with van der Waals surface area (Å²) < 4.78 is 15.1. The van der Waals surface area contributed by atoms with Gasteiger partial charge in [0, 0.05) is 23.3 Å². The molecule has 82 valence electrons. The van der Waals surface area contributed by atoms with Gasteiger partial charge in [0.05, 0.1) is 11.8 Å². The molecule has 1 aromatic carbocycles. The molecular weight excluding hydrogens is 275 g/mol. The minimum absolute atomic E-state index is 0.250. The maximum atomic E-state index is 13.0. The predicted octanol–water partition coefficient (Wildman–Crippen LogP) is 2.55. The zero-order chi connectivity index (χ0) is 11.7. The number of carbonyl (C=O) groups is 1. The number of aryl methyl sites for hydroxylation is 1. The first-order chi connectivity index (χ1) is 7.58. The summed E-state index contributed by atoms with van der Waals surface area (Å²) in [5.74, 6) is -0.685. The molecule has 2 rings (SSSR count). The van der Waals surface area contributed by atoms with Crippen molar-refractivity contribution in [3.05, 3.63) is 52.0 Å². The van der Waals surface area contributed by atoms with Crippen molar-refractivity contribution in [1.82, 2.24) is 9.78 Å². The van der Waals surface area contributed by atoms with Crippen LogP contribution in [-0.2, 0) is 7.05 Å². The van der Waals surface area contributed by atoms with Crippen LogP contribution in [0.25, 0.3) is 0 Å². The molecule has 0 spiro atoms. The highest BCUT2D eigenvalue weighted by Crippen LogP contribution is 2.20. The number of hydrogen-bond donors (Lipinski definition) is 0. The van der Waals surface area contributed by atoms with Gasteiger partial charge in [-0.1, -0.05) is 15.9 Å². The Morgan fingerprint density at radius 2 is 2.25 bits per heavy atom. The lowest BCUT2D eigenvalue weighted by atomic mass is 10.1. The van der Waals surface area contributed by atoms with Crippen molar-refractivity contribution in [2.24, 2.45) is 7.05 Å². The number of benzene rings is 1. The van der Waals surface area contributed by atoms with Gasteiger partial charge in [-0.3, -0.25) is 9.48 Å². The Kier molecular flexibility index (Phi) is 2.87. The van der Waals surface area contributed by atoms with Crippen LogP contribution in [0, 0.1) is 5.82 Å². The number of rotatable bonds is 2. The highest BCUT2D eigenvalue weighted by molar-refractivity contribution is 9.10. The molecule has 3 nitrogen and oxygen atoms in total. The van der Waals surface area contributed by atoms with Crippen molar-refractivity contribution < 1.29 is 9.18 Å². The molecule has 1 aromatic heterocycles. The second kappa shape index (κ2) is 4.17. The van der Waals surface area contributed by atoms with Gasteiger partial charge in [0.25, 0.3) is 0 Å². The van der Waals surface area contributed by atoms with Crippen LogP contribution in [0.1, 0.15) is 15.9 Å². The molecule has 0 radical (unpaired) electrons. The summed E-state index contributed by atoms with van der Waals surface area (Å²) in [7, 11) is 1.72. The third-order valence-electron chi connectivity index (χ3n) is 2.14. The number of carbonyl (C=O) groups excluding carboxylic acids is 1. The van der Waals surface area contributed by atoms with Gasteiger partial charge in [0.1, 0.15) is 5.82 Å². The van der Waals surface area contributed by atoms with Crippen LogP contribution in [0.2, 0.25) is 0 Å². The number of ketones is 1. The normalized spacial score (nSPS) is 10.4. The Morgan fingerprint density at radius 1 is 1.50 bits per heavy atom. The van der Waals surface area contributed by atoms with Gasteiger partial charge in [-0.15, -0.1) is 0 Å². The van der Waals surface area contributed by atoms with Crippen LogP contribution < -0.4 is 0 Å².